The van der Waals surface area contributed by atoms with Crippen LogP contribution in [0.15, 0.2) is 18.3 Å². The van der Waals surface area contributed by atoms with Gasteiger partial charge in [-0.3, -0.25) is 4.79 Å². The number of ether oxygens (including phenoxy) is 1. The number of likely N-dealkylation sites (tertiary alicyclic amines) is 1. The molecule has 1 atom stereocenters. The van der Waals surface area contributed by atoms with Gasteiger partial charge in [-0.2, -0.15) is 0 Å². The normalized spacial score (nSPS) is 18.5. The molecule has 0 aromatic carbocycles. The third-order valence-electron chi connectivity index (χ3n) is 3.45. The topological polar surface area (TPSA) is 79.7 Å². The van der Waals surface area contributed by atoms with Crippen molar-refractivity contribution < 1.29 is 19.4 Å². The molecule has 21 heavy (non-hydrogen) atoms. The van der Waals surface area contributed by atoms with Gasteiger partial charge in [-0.15, -0.1) is 0 Å². The lowest BCUT2D eigenvalue weighted by Gasteiger charge is -2.32. The van der Waals surface area contributed by atoms with E-state index in [-0.39, 0.29) is 17.7 Å². The van der Waals surface area contributed by atoms with E-state index in [1.807, 2.05) is 0 Å². The molecule has 1 aliphatic rings. The third kappa shape index (κ3) is 4.01. The molecule has 1 N–H and O–H groups in total. The second-order valence-corrected chi connectivity index (χ2v) is 5.12. The van der Waals surface area contributed by atoms with Crippen LogP contribution in [0.4, 0.5) is 0 Å². The van der Waals surface area contributed by atoms with E-state index in [0.29, 0.717) is 25.3 Å². The van der Waals surface area contributed by atoms with E-state index < -0.39 is 5.97 Å². The van der Waals surface area contributed by atoms with Gasteiger partial charge in [-0.25, -0.2) is 9.78 Å². The number of rotatable bonds is 5. The van der Waals surface area contributed by atoms with Crippen LogP contribution in [0.3, 0.4) is 0 Å². The number of pyridine rings is 1. The SMILES string of the molecule is CCCOC1CCCN(C(=O)c2ccnc(C(=O)O)c2)C1. The van der Waals surface area contributed by atoms with Crippen LogP contribution in [0, 0.1) is 0 Å². The monoisotopic (exact) mass is 292 g/mol. The van der Waals surface area contributed by atoms with Crippen LogP contribution in [-0.2, 0) is 4.74 Å². The number of nitrogens with zero attached hydrogens (tertiary/aromatic N) is 2. The number of hydrogen-bond donors (Lipinski definition) is 1. The lowest BCUT2D eigenvalue weighted by molar-refractivity contribution is 0.00210. The highest BCUT2D eigenvalue weighted by Gasteiger charge is 2.25. The minimum Gasteiger partial charge on any atom is -0.477 e. The summed E-state index contributed by atoms with van der Waals surface area (Å²) in [7, 11) is 0. The summed E-state index contributed by atoms with van der Waals surface area (Å²) in [4.78, 5) is 28.8. The molecule has 1 aromatic rings. The van der Waals surface area contributed by atoms with Gasteiger partial charge in [-0.05, 0) is 31.4 Å². The first-order valence-corrected chi connectivity index (χ1v) is 7.22. The molecule has 2 heterocycles. The zero-order valence-electron chi connectivity index (χ0n) is 12.1. The molecule has 0 spiro atoms. The van der Waals surface area contributed by atoms with E-state index in [1.54, 1.807) is 11.0 Å². The molecular weight excluding hydrogens is 272 g/mol. The zero-order chi connectivity index (χ0) is 15.2. The number of aromatic nitrogens is 1. The summed E-state index contributed by atoms with van der Waals surface area (Å²) in [6.07, 6.45) is 4.24. The zero-order valence-corrected chi connectivity index (χ0v) is 12.1. The smallest absolute Gasteiger partial charge is 0.354 e. The summed E-state index contributed by atoms with van der Waals surface area (Å²) >= 11 is 0. The summed E-state index contributed by atoms with van der Waals surface area (Å²) < 4.78 is 5.71. The molecule has 1 aromatic heterocycles. The lowest BCUT2D eigenvalue weighted by atomic mass is 10.1. The molecule has 1 unspecified atom stereocenters. The van der Waals surface area contributed by atoms with Gasteiger partial charge in [0, 0.05) is 31.5 Å². The van der Waals surface area contributed by atoms with Gasteiger partial charge in [0.1, 0.15) is 5.69 Å². The summed E-state index contributed by atoms with van der Waals surface area (Å²) in [5.74, 6) is -1.29. The van der Waals surface area contributed by atoms with E-state index in [1.165, 1.54) is 12.3 Å². The van der Waals surface area contributed by atoms with E-state index in [4.69, 9.17) is 9.84 Å². The fourth-order valence-electron chi connectivity index (χ4n) is 2.41. The summed E-state index contributed by atoms with van der Waals surface area (Å²) in [6.45, 7) is 3.99. The Morgan fingerprint density at radius 3 is 3.05 bits per heavy atom. The number of piperidine rings is 1. The molecule has 114 valence electrons. The molecule has 0 saturated carbocycles. The van der Waals surface area contributed by atoms with Gasteiger partial charge in [0.25, 0.3) is 5.91 Å². The predicted molar refractivity (Wildman–Crippen MR) is 76.4 cm³/mol. The molecule has 1 aliphatic heterocycles. The predicted octanol–water partition coefficient (Wildman–Crippen LogP) is 1.81. The first kappa shape index (κ1) is 15.4. The van der Waals surface area contributed by atoms with Crippen molar-refractivity contribution in [3.63, 3.8) is 0 Å². The number of carboxylic acids is 1. The fraction of sp³-hybridized carbons (Fsp3) is 0.533. The highest BCUT2D eigenvalue weighted by Crippen LogP contribution is 2.16. The average Bonchev–Trinajstić information content (AvgIpc) is 2.52. The Kier molecular flexibility index (Phi) is 5.27. The Hall–Kier alpha value is -1.95. The van der Waals surface area contributed by atoms with Crippen LogP contribution < -0.4 is 0 Å². The van der Waals surface area contributed by atoms with Crippen LogP contribution in [0.25, 0.3) is 0 Å². The quantitative estimate of drug-likeness (QED) is 0.895. The van der Waals surface area contributed by atoms with Crippen molar-refractivity contribution in [1.29, 1.82) is 0 Å². The first-order chi connectivity index (χ1) is 10.1. The third-order valence-corrected chi connectivity index (χ3v) is 3.45. The molecule has 1 amide bonds. The molecule has 1 saturated heterocycles. The lowest BCUT2D eigenvalue weighted by Crippen LogP contribution is -2.43. The number of hydrogen-bond acceptors (Lipinski definition) is 4. The second-order valence-electron chi connectivity index (χ2n) is 5.12. The van der Waals surface area contributed by atoms with Gasteiger partial charge < -0.3 is 14.7 Å². The van der Waals surface area contributed by atoms with Crippen LogP contribution in [-0.4, -0.2) is 52.7 Å². The van der Waals surface area contributed by atoms with E-state index in [2.05, 4.69) is 11.9 Å². The van der Waals surface area contributed by atoms with Crippen LogP contribution >= 0.6 is 0 Å². The summed E-state index contributed by atoms with van der Waals surface area (Å²) in [6, 6.07) is 2.87. The van der Waals surface area contributed by atoms with Crippen molar-refractivity contribution in [2.45, 2.75) is 32.3 Å². The van der Waals surface area contributed by atoms with Crippen molar-refractivity contribution in [3.8, 4) is 0 Å². The van der Waals surface area contributed by atoms with Crippen molar-refractivity contribution in [3.05, 3.63) is 29.6 Å². The van der Waals surface area contributed by atoms with E-state index in [9.17, 15) is 9.59 Å². The molecule has 1 fully saturated rings. The van der Waals surface area contributed by atoms with Crippen molar-refractivity contribution >= 4 is 11.9 Å². The van der Waals surface area contributed by atoms with Crippen LogP contribution in [0.2, 0.25) is 0 Å². The van der Waals surface area contributed by atoms with Crippen molar-refractivity contribution in [1.82, 2.24) is 9.88 Å². The van der Waals surface area contributed by atoms with E-state index >= 15 is 0 Å². The van der Waals surface area contributed by atoms with Gasteiger partial charge in [0.2, 0.25) is 0 Å². The molecule has 2 rings (SSSR count). The summed E-state index contributed by atoms with van der Waals surface area (Å²) in [5.41, 5.74) is 0.246. The second kappa shape index (κ2) is 7.17. The standard InChI is InChI=1S/C15H20N2O4/c1-2-8-21-12-4-3-7-17(10-12)14(18)11-5-6-16-13(9-11)15(19)20/h5-6,9,12H,2-4,7-8,10H2,1H3,(H,19,20). The largest absolute Gasteiger partial charge is 0.477 e. The number of carboxylic acid groups (broad SMARTS) is 1. The maximum absolute atomic E-state index is 12.4. The minimum atomic E-state index is -1.13. The molecule has 0 bridgehead atoms. The Morgan fingerprint density at radius 1 is 1.52 bits per heavy atom. The number of carbonyl (C=O) groups excluding carboxylic acids is 1. The van der Waals surface area contributed by atoms with Crippen molar-refractivity contribution in [2.75, 3.05) is 19.7 Å². The average molecular weight is 292 g/mol. The first-order valence-electron chi connectivity index (χ1n) is 7.22. The van der Waals surface area contributed by atoms with Gasteiger partial charge in [0.05, 0.1) is 6.10 Å². The van der Waals surface area contributed by atoms with Crippen LogP contribution in [0.5, 0.6) is 0 Å². The maximum atomic E-state index is 12.4. The number of aromatic carboxylic acids is 1. The maximum Gasteiger partial charge on any atom is 0.354 e. The van der Waals surface area contributed by atoms with Gasteiger partial charge in [-0.1, -0.05) is 6.92 Å². The van der Waals surface area contributed by atoms with E-state index in [0.717, 1.165) is 19.3 Å². The molecule has 6 nitrogen and oxygen atoms in total. The Morgan fingerprint density at radius 2 is 2.33 bits per heavy atom. The highest BCUT2D eigenvalue weighted by molar-refractivity contribution is 5.96. The molecule has 6 heteroatoms. The molecule has 0 radical (unpaired) electrons. The van der Waals surface area contributed by atoms with Crippen LogP contribution in [0.1, 0.15) is 47.0 Å². The Bertz CT molecular complexity index is 518. The summed E-state index contributed by atoms with van der Waals surface area (Å²) in [5, 5.41) is 8.93. The fourth-order valence-corrected chi connectivity index (χ4v) is 2.41. The van der Waals surface area contributed by atoms with Gasteiger partial charge in [0.15, 0.2) is 0 Å². The van der Waals surface area contributed by atoms with Gasteiger partial charge >= 0.3 is 5.97 Å². The Labute approximate surface area is 123 Å². The molecule has 0 aliphatic carbocycles. The molecular formula is C15H20N2O4. The van der Waals surface area contributed by atoms with Crippen molar-refractivity contribution in [2.24, 2.45) is 0 Å². The minimum absolute atomic E-state index is 0.0726. The number of carbonyl (C=O) groups is 2. The highest BCUT2D eigenvalue weighted by atomic mass is 16.5. The Balaban J connectivity index is 2.05. The number of amides is 1.